The van der Waals surface area contributed by atoms with Crippen molar-refractivity contribution in [2.24, 2.45) is 46.3 Å². The van der Waals surface area contributed by atoms with Crippen molar-refractivity contribution in [3.8, 4) is 0 Å². The molecule has 1 unspecified atom stereocenters. The van der Waals surface area contributed by atoms with Gasteiger partial charge in [-0.3, -0.25) is 4.79 Å². The molecule has 0 heterocycles. The molecule has 30 heavy (non-hydrogen) atoms. The number of fused-ring (bicyclic) bond motifs is 5. The van der Waals surface area contributed by atoms with Crippen molar-refractivity contribution in [2.45, 2.75) is 117 Å². The second kappa shape index (κ2) is 7.87. The standard InChI is InChI=1S/C27H46O3/c1-17(7-6-12-25(2,3)30)20-8-9-21-24-22(11-14-27(20,21)5)26(4)13-10-19(28)15-18(26)16-23(24)29/h17-18,20-24,29-30H,6-16H2,1-5H3/t17-,18+,20-,21+,22+,23?,24+,26+,27-/m1/s1. The van der Waals surface area contributed by atoms with Crippen molar-refractivity contribution in [3.05, 3.63) is 0 Å². The van der Waals surface area contributed by atoms with E-state index in [0.717, 1.165) is 38.0 Å². The van der Waals surface area contributed by atoms with Crippen LogP contribution in [0, 0.1) is 46.3 Å². The minimum Gasteiger partial charge on any atom is -0.393 e. The van der Waals surface area contributed by atoms with E-state index in [4.69, 9.17) is 0 Å². The van der Waals surface area contributed by atoms with E-state index < -0.39 is 5.60 Å². The Morgan fingerprint density at radius 3 is 2.50 bits per heavy atom. The number of hydrogen-bond donors (Lipinski definition) is 2. The number of hydrogen-bond acceptors (Lipinski definition) is 3. The van der Waals surface area contributed by atoms with Gasteiger partial charge < -0.3 is 10.2 Å². The topological polar surface area (TPSA) is 57.5 Å². The van der Waals surface area contributed by atoms with E-state index in [0.29, 0.717) is 47.2 Å². The van der Waals surface area contributed by atoms with Gasteiger partial charge in [-0.2, -0.15) is 0 Å². The fourth-order valence-corrected chi connectivity index (χ4v) is 9.05. The SMILES string of the molecule is C[C@H](CCCC(C)(C)O)[C@H]1CC[C@H]2[C@@H]3C(O)C[C@@H]4CC(=O)CC[C@]4(C)[C@H]3CC[C@]12C. The van der Waals surface area contributed by atoms with E-state index >= 15 is 0 Å². The summed E-state index contributed by atoms with van der Waals surface area (Å²) in [6.07, 6.45) is 11.4. The molecule has 0 bridgehead atoms. The molecule has 172 valence electrons. The predicted molar refractivity (Wildman–Crippen MR) is 121 cm³/mol. The minimum absolute atomic E-state index is 0.215. The highest BCUT2D eigenvalue weighted by molar-refractivity contribution is 5.79. The summed E-state index contributed by atoms with van der Waals surface area (Å²) in [5.41, 5.74) is 0.0546. The van der Waals surface area contributed by atoms with Crippen LogP contribution >= 0.6 is 0 Å². The molecule has 0 aromatic rings. The molecule has 4 fully saturated rings. The fourth-order valence-electron chi connectivity index (χ4n) is 9.05. The first-order valence-corrected chi connectivity index (χ1v) is 12.9. The van der Waals surface area contributed by atoms with Crippen LogP contribution in [-0.4, -0.2) is 27.7 Å². The van der Waals surface area contributed by atoms with Gasteiger partial charge in [0.25, 0.3) is 0 Å². The van der Waals surface area contributed by atoms with Gasteiger partial charge in [-0.1, -0.05) is 33.6 Å². The van der Waals surface area contributed by atoms with Crippen LogP contribution < -0.4 is 0 Å². The van der Waals surface area contributed by atoms with Crippen molar-refractivity contribution in [1.29, 1.82) is 0 Å². The second-order valence-electron chi connectivity index (χ2n) is 12.9. The van der Waals surface area contributed by atoms with Crippen LogP contribution in [0.4, 0.5) is 0 Å². The lowest BCUT2D eigenvalue weighted by Gasteiger charge is -2.62. The Morgan fingerprint density at radius 2 is 1.80 bits per heavy atom. The third kappa shape index (κ3) is 3.81. The molecule has 3 heteroatoms. The Kier molecular flexibility index (Phi) is 5.97. The average molecular weight is 419 g/mol. The molecular weight excluding hydrogens is 372 g/mol. The minimum atomic E-state index is -0.556. The molecule has 0 saturated heterocycles. The smallest absolute Gasteiger partial charge is 0.133 e. The number of carbonyl (C=O) groups excluding carboxylic acids is 1. The highest BCUT2D eigenvalue weighted by Gasteiger charge is 2.62. The summed E-state index contributed by atoms with van der Waals surface area (Å²) in [7, 11) is 0. The van der Waals surface area contributed by atoms with Gasteiger partial charge in [0.1, 0.15) is 5.78 Å². The molecule has 4 aliphatic rings. The zero-order valence-corrected chi connectivity index (χ0v) is 20.1. The molecule has 2 N–H and O–H groups in total. The molecule has 0 amide bonds. The number of Topliss-reactive ketones (excluding diaryl/α,β-unsaturated/α-hetero) is 1. The van der Waals surface area contributed by atoms with E-state index in [2.05, 4.69) is 20.8 Å². The van der Waals surface area contributed by atoms with Gasteiger partial charge in [-0.15, -0.1) is 0 Å². The summed E-state index contributed by atoms with van der Waals surface area (Å²) in [6.45, 7) is 11.3. The molecule has 0 spiro atoms. The highest BCUT2D eigenvalue weighted by Crippen LogP contribution is 2.68. The third-order valence-electron chi connectivity index (χ3n) is 10.7. The normalized spacial score (nSPS) is 47.4. The lowest BCUT2D eigenvalue weighted by molar-refractivity contribution is -0.169. The van der Waals surface area contributed by atoms with Crippen LogP contribution in [0.5, 0.6) is 0 Å². The van der Waals surface area contributed by atoms with Crippen LogP contribution in [0.3, 0.4) is 0 Å². The Bertz CT molecular complexity index is 651. The number of carbonyl (C=O) groups is 1. The summed E-state index contributed by atoms with van der Waals surface area (Å²) < 4.78 is 0. The largest absolute Gasteiger partial charge is 0.393 e. The zero-order chi connectivity index (χ0) is 21.9. The molecule has 0 aromatic carbocycles. The molecule has 4 saturated carbocycles. The monoisotopic (exact) mass is 418 g/mol. The van der Waals surface area contributed by atoms with Gasteiger partial charge in [0, 0.05) is 12.8 Å². The molecule has 3 nitrogen and oxygen atoms in total. The van der Waals surface area contributed by atoms with E-state index in [9.17, 15) is 15.0 Å². The maximum atomic E-state index is 12.1. The van der Waals surface area contributed by atoms with Gasteiger partial charge in [-0.25, -0.2) is 0 Å². The Morgan fingerprint density at radius 1 is 1.10 bits per heavy atom. The lowest BCUT2D eigenvalue weighted by Crippen LogP contribution is -2.58. The first-order chi connectivity index (χ1) is 14.0. The average Bonchev–Trinajstić information content (AvgIpc) is 2.99. The first kappa shape index (κ1) is 22.8. The number of aliphatic hydroxyl groups is 2. The van der Waals surface area contributed by atoms with Crippen molar-refractivity contribution in [2.75, 3.05) is 0 Å². The van der Waals surface area contributed by atoms with E-state index in [1.807, 2.05) is 13.8 Å². The van der Waals surface area contributed by atoms with Gasteiger partial charge in [0.2, 0.25) is 0 Å². The Balaban J connectivity index is 1.49. The molecule has 0 radical (unpaired) electrons. The molecule has 9 atom stereocenters. The first-order valence-electron chi connectivity index (χ1n) is 12.9. The zero-order valence-electron chi connectivity index (χ0n) is 20.1. The van der Waals surface area contributed by atoms with Gasteiger partial charge in [0.05, 0.1) is 11.7 Å². The molecular formula is C27H46O3. The number of aliphatic hydroxyl groups excluding tert-OH is 1. The molecule has 4 rings (SSSR count). The van der Waals surface area contributed by atoms with Gasteiger partial charge >= 0.3 is 0 Å². The van der Waals surface area contributed by atoms with Gasteiger partial charge in [0.15, 0.2) is 0 Å². The maximum absolute atomic E-state index is 12.1. The molecule has 4 aliphatic carbocycles. The molecule has 0 aromatic heterocycles. The summed E-state index contributed by atoms with van der Waals surface area (Å²) in [6, 6.07) is 0. The van der Waals surface area contributed by atoms with Crippen LogP contribution in [0.1, 0.15) is 105 Å². The second-order valence-corrected chi connectivity index (χ2v) is 12.9. The Labute approximate surface area is 184 Å². The number of rotatable bonds is 5. The van der Waals surface area contributed by atoms with Crippen LogP contribution in [0.2, 0.25) is 0 Å². The summed E-state index contributed by atoms with van der Waals surface area (Å²) in [5, 5.41) is 21.4. The number of ketones is 1. The van der Waals surface area contributed by atoms with E-state index in [1.165, 1.54) is 32.1 Å². The van der Waals surface area contributed by atoms with Crippen molar-refractivity contribution >= 4 is 5.78 Å². The van der Waals surface area contributed by atoms with Crippen molar-refractivity contribution in [1.82, 2.24) is 0 Å². The van der Waals surface area contributed by atoms with Crippen LogP contribution in [0.25, 0.3) is 0 Å². The van der Waals surface area contributed by atoms with Gasteiger partial charge in [-0.05, 0) is 105 Å². The molecule has 0 aliphatic heterocycles. The van der Waals surface area contributed by atoms with Crippen molar-refractivity contribution < 1.29 is 15.0 Å². The van der Waals surface area contributed by atoms with E-state index in [1.54, 1.807) is 0 Å². The highest BCUT2D eigenvalue weighted by atomic mass is 16.3. The predicted octanol–water partition coefficient (Wildman–Crippen LogP) is 5.76. The maximum Gasteiger partial charge on any atom is 0.133 e. The third-order valence-corrected chi connectivity index (χ3v) is 10.7. The summed E-state index contributed by atoms with van der Waals surface area (Å²) in [4.78, 5) is 12.1. The summed E-state index contributed by atoms with van der Waals surface area (Å²) >= 11 is 0. The van der Waals surface area contributed by atoms with Crippen molar-refractivity contribution in [3.63, 3.8) is 0 Å². The van der Waals surface area contributed by atoms with Crippen LogP contribution in [-0.2, 0) is 4.79 Å². The lowest BCUT2D eigenvalue weighted by atomic mass is 9.44. The Hall–Kier alpha value is -0.410. The van der Waals surface area contributed by atoms with E-state index in [-0.39, 0.29) is 11.5 Å². The van der Waals surface area contributed by atoms with Crippen LogP contribution in [0.15, 0.2) is 0 Å². The fraction of sp³-hybridized carbons (Fsp3) is 0.963. The summed E-state index contributed by atoms with van der Waals surface area (Å²) in [5.74, 6) is 3.94. The quantitative estimate of drug-likeness (QED) is 0.596.